The Hall–Kier alpha value is -3.29. The van der Waals surface area contributed by atoms with E-state index in [0.717, 1.165) is 16.0 Å². The predicted molar refractivity (Wildman–Crippen MR) is 80.0 cm³/mol. The van der Waals surface area contributed by atoms with E-state index >= 15 is 0 Å². The van der Waals surface area contributed by atoms with Gasteiger partial charge in [-0.1, -0.05) is 12.1 Å². The standard InChI is InChI=1S/C14H15N7O/c15-18-13-5-6-14(19-21(13)16)22-9-11-1-3-12(4-2-11)20-8-7-17-10-20/h1-8,10H,9,15-16H2/b18-13-. The van der Waals surface area contributed by atoms with Crippen LogP contribution in [0.1, 0.15) is 5.56 Å². The van der Waals surface area contributed by atoms with Gasteiger partial charge in [-0.25, -0.2) is 4.98 Å². The second-order valence-electron chi connectivity index (χ2n) is 4.53. The van der Waals surface area contributed by atoms with Gasteiger partial charge in [0.2, 0.25) is 5.88 Å². The summed E-state index contributed by atoms with van der Waals surface area (Å²) in [4.78, 5) is 5.09. The molecule has 4 N–H and O–H groups in total. The largest absolute Gasteiger partial charge is 0.472 e. The maximum Gasteiger partial charge on any atom is 0.233 e. The Morgan fingerprint density at radius 2 is 1.95 bits per heavy atom. The van der Waals surface area contributed by atoms with Crippen molar-refractivity contribution >= 4 is 0 Å². The summed E-state index contributed by atoms with van der Waals surface area (Å²) in [6.07, 6.45) is 5.38. The fourth-order valence-electron chi connectivity index (χ4n) is 1.93. The molecule has 0 unspecified atom stereocenters. The second-order valence-corrected chi connectivity index (χ2v) is 4.53. The third-order valence-corrected chi connectivity index (χ3v) is 3.07. The van der Waals surface area contributed by atoms with Crippen molar-refractivity contribution in [2.45, 2.75) is 6.61 Å². The number of hydrogen-bond donors (Lipinski definition) is 2. The van der Waals surface area contributed by atoms with Crippen LogP contribution in [0.15, 0.2) is 60.2 Å². The Morgan fingerprint density at radius 1 is 1.14 bits per heavy atom. The van der Waals surface area contributed by atoms with Crippen molar-refractivity contribution in [2.24, 2.45) is 10.9 Å². The zero-order valence-electron chi connectivity index (χ0n) is 11.7. The summed E-state index contributed by atoms with van der Waals surface area (Å²) < 4.78 is 7.52. The first-order valence-corrected chi connectivity index (χ1v) is 6.56. The molecule has 1 aromatic carbocycles. The van der Waals surface area contributed by atoms with E-state index in [1.54, 1.807) is 24.7 Å². The van der Waals surface area contributed by atoms with Crippen molar-refractivity contribution in [1.29, 1.82) is 0 Å². The minimum absolute atomic E-state index is 0.358. The molecule has 3 rings (SSSR count). The Labute approximate surface area is 126 Å². The van der Waals surface area contributed by atoms with Gasteiger partial charge in [0, 0.05) is 24.1 Å². The molecular formula is C14H15N7O. The molecular weight excluding hydrogens is 282 g/mol. The van der Waals surface area contributed by atoms with Gasteiger partial charge in [-0.05, 0) is 23.8 Å². The van der Waals surface area contributed by atoms with Crippen LogP contribution in [0.4, 0.5) is 0 Å². The van der Waals surface area contributed by atoms with Crippen molar-refractivity contribution in [1.82, 2.24) is 19.4 Å². The minimum Gasteiger partial charge on any atom is -0.472 e. The topological polar surface area (TPSA) is 109 Å². The highest BCUT2D eigenvalue weighted by Crippen LogP contribution is 2.11. The highest BCUT2D eigenvalue weighted by atomic mass is 16.5. The van der Waals surface area contributed by atoms with Gasteiger partial charge in [0.25, 0.3) is 0 Å². The smallest absolute Gasteiger partial charge is 0.233 e. The number of rotatable bonds is 4. The fraction of sp³-hybridized carbons (Fsp3) is 0.0714. The zero-order valence-corrected chi connectivity index (χ0v) is 11.7. The van der Waals surface area contributed by atoms with E-state index in [1.165, 1.54) is 0 Å². The Kier molecular flexibility index (Phi) is 3.73. The van der Waals surface area contributed by atoms with E-state index in [9.17, 15) is 0 Å². The van der Waals surface area contributed by atoms with Crippen molar-refractivity contribution in [3.63, 3.8) is 0 Å². The summed E-state index contributed by atoms with van der Waals surface area (Å²) in [6, 6.07) is 11.2. The summed E-state index contributed by atoms with van der Waals surface area (Å²) in [7, 11) is 0. The monoisotopic (exact) mass is 297 g/mol. The van der Waals surface area contributed by atoms with Gasteiger partial charge in [-0.3, -0.25) is 0 Å². The number of imidazole rings is 1. The van der Waals surface area contributed by atoms with Crippen LogP contribution in [-0.2, 0) is 6.61 Å². The molecule has 0 atom stereocenters. The molecule has 0 saturated heterocycles. The van der Waals surface area contributed by atoms with E-state index in [4.69, 9.17) is 16.4 Å². The van der Waals surface area contributed by atoms with Gasteiger partial charge in [-0.2, -0.15) is 9.89 Å². The van der Waals surface area contributed by atoms with Crippen LogP contribution >= 0.6 is 0 Å². The summed E-state index contributed by atoms with van der Waals surface area (Å²) in [5.74, 6) is 11.2. The van der Waals surface area contributed by atoms with Crippen LogP contribution in [0.3, 0.4) is 0 Å². The molecule has 3 aromatic rings. The van der Waals surface area contributed by atoms with E-state index in [-0.39, 0.29) is 0 Å². The first kappa shape index (κ1) is 13.7. The average molecular weight is 297 g/mol. The Morgan fingerprint density at radius 3 is 2.59 bits per heavy atom. The fourth-order valence-corrected chi connectivity index (χ4v) is 1.93. The molecule has 2 heterocycles. The van der Waals surface area contributed by atoms with Gasteiger partial charge in [0.15, 0.2) is 5.49 Å². The molecule has 0 radical (unpaired) electrons. The highest BCUT2D eigenvalue weighted by Gasteiger charge is 2.00. The molecule has 8 heteroatoms. The number of hydrogen-bond acceptors (Lipinski definition) is 6. The first-order chi connectivity index (χ1) is 10.8. The number of aromatic nitrogens is 4. The van der Waals surface area contributed by atoms with Gasteiger partial charge >= 0.3 is 0 Å². The molecule has 0 spiro atoms. The lowest BCUT2D eigenvalue weighted by Gasteiger charge is -2.08. The van der Waals surface area contributed by atoms with E-state index in [1.807, 2.05) is 35.0 Å². The number of nitrogen functional groups attached to an aromatic ring is 1. The highest BCUT2D eigenvalue weighted by molar-refractivity contribution is 5.34. The summed E-state index contributed by atoms with van der Waals surface area (Å²) >= 11 is 0. The third-order valence-electron chi connectivity index (χ3n) is 3.07. The number of benzene rings is 1. The molecule has 22 heavy (non-hydrogen) atoms. The molecule has 0 saturated carbocycles. The molecule has 0 bridgehead atoms. The molecule has 8 nitrogen and oxygen atoms in total. The van der Waals surface area contributed by atoms with Gasteiger partial charge in [0.05, 0.1) is 6.33 Å². The Balaban J connectivity index is 1.68. The third kappa shape index (κ3) is 2.90. The zero-order chi connectivity index (χ0) is 15.4. The minimum atomic E-state index is 0.358. The maximum atomic E-state index is 5.62. The van der Waals surface area contributed by atoms with Gasteiger partial charge < -0.3 is 21.0 Å². The summed E-state index contributed by atoms with van der Waals surface area (Å²) in [5.41, 5.74) is 2.41. The van der Waals surface area contributed by atoms with Crippen molar-refractivity contribution in [3.8, 4) is 11.6 Å². The average Bonchev–Trinajstić information content (AvgIpc) is 3.08. The molecule has 112 valence electrons. The molecule has 2 aromatic heterocycles. The van der Waals surface area contributed by atoms with Gasteiger partial charge in [-0.15, -0.1) is 5.10 Å². The quantitative estimate of drug-likeness (QED) is 0.525. The maximum absolute atomic E-state index is 5.62. The molecule has 0 aliphatic heterocycles. The van der Waals surface area contributed by atoms with Crippen LogP contribution in [-0.4, -0.2) is 19.4 Å². The lowest BCUT2D eigenvalue weighted by atomic mass is 10.2. The van der Waals surface area contributed by atoms with Crippen LogP contribution in [0, 0.1) is 0 Å². The van der Waals surface area contributed by atoms with Crippen LogP contribution in [0.5, 0.6) is 5.88 Å². The molecule has 0 aliphatic carbocycles. The summed E-state index contributed by atoms with van der Waals surface area (Å²) in [5, 5.41) is 7.48. The van der Waals surface area contributed by atoms with Gasteiger partial charge in [0.1, 0.15) is 6.61 Å². The van der Waals surface area contributed by atoms with Crippen LogP contribution in [0.25, 0.3) is 5.69 Å². The normalized spacial score (nSPS) is 11.5. The molecule has 0 aliphatic rings. The Bertz CT molecular complexity index is 806. The van der Waals surface area contributed by atoms with Crippen LogP contribution < -0.4 is 21.9 Å². The number of nitrogens with zero attached hydrogens (tertiary/aromatic N) is 5. The number of ether oxygens (including phenoxy) is 1. The van der Waals surface area contributed by atoms with E-state index in [0.29, 0.717) is 18.0 Å². The predicted octanol–water partition coefficient (Wildman–Crippen LogP) is 0.136. The van der Waals surface area contributed by atoms with Crippen molar-refractivity contribution in [2.75, 3.05) is 5.84 Å². The molecule has 0 amide bonds. The van der Waals surface area contributed by atoms with Crippen molar-refractivity contribution < 1.29 is 4.74 Å². The summed E-state index contributed by atoms with van der Waals surface area (Å²) in [6.45, 7) is 0.385. The lowest BCUT2D eigenvalue weighted by molar-refractivity contribution is 0.286. The van der Waals surface area contributed by atoms with E-state index in [2.05, 4.69) is 15.2 Å². The SMILES string of the molecule is N/N=c1/ccc(OCc2ccc(-n3ccnc3)cc2)nn1N. The molecule has 0 fully saturated rings. The first-order valence-electron chi connectivity index (χ1n) is 6.56. The second kappa shape index (κ2) is 6.00. The van der Waals surface area contributed by atoms with E-state index < -0.39 is 0 Å². The van der Waals surface area contributed by atoms with Crippen LogP contribution in [0.2, 0.25) is 0 Å². The number of nitrogens with two attached hydrogens (primary N) is 2. The lowest BCUT2D eigenvalue weighted by Crippen LogP contribution is -2.31. The van der Waals surface area contributed by atoms with Crippen molar-refractivity contribution in [3.05, 3.63) is 66.2 Å².